The van der Waals surface area contributed by atoms with Gasteiger partial charge in [-0.05, 0) is 18.2 Å². The lowest BCUT2D eigenvalue weighted by Gasteiger charge is -2.09. The number of nitrogens with zero attached hydrogens (tertiary/aromatic N) is 1. The molecular weight excluding hydrogens is 262 g/mol. The Balaban J connectivity index is 2.01. The Bertz CT molecular complexity index is 767. The lowest BCUT2D eigenvalue weighted by atomic mass is 10.2. The molecule has 5 heteroatoms. The lowest BCUT2D eigenvalue weighted by Crippen LogP contribution is -1.96. The van der Waals surface area contributed by atoms with E-state index in [0.717, 1.165) is 17.5 Å². The van der Waals surface area contributed by atoms with Gasteiger partial charge in [0, 0.05) is 35.5 Å². The van der Waals surface area contributed by atoms with Crippen molar-refractivity contribution in [1.29, 1.82) is 0 Å². The highest BCUT2D eigenvalue weighted by atomic mass is 19.1. The molecule has 0 unspecified atom stereocenters. The predicted molar refractivity (Wildman–Crippen MR) is 72.6 cm³/mol. The standard InChI is InChI=1S/C15H10F2N2O/c16-12-6-10(18)7-13(17)15(12)20-11-4-3-9-2-1-5-19-14(9)8-11/h1-8H,18H2. The van der Waals surface area contributed by atoms with E-state index >= 15 is 0 Å². The summed E-state index contributed by atoms with van der Waals surface area (Å²) >= 11 is 0. The van der Waals surface area contributed by atoms with Gasteiger partial charge in [0.15, 0.2) is 17.4 Å². The molecule has 0 saturated carbocycles. The average Bonchev–Trinajstić information content (AvgIpc) is 2.42. The van der Waals surface area contributed by atoms with Crippen molar-refractivity contribution >= 4 is 16.6 Å². The van der Waals surface area contributed by atoms with Gasteiger partial charge in [-0.2, -0.15) is 0 Å². The molecule has 3 aromatic rings. The van der Waals surface area contributed by atoms with E-state index in [1.165, 1.54) is 0 Å². The summed E-state index contributed by atoms with van der Waals surface area (Å²) in [5.41, 5.74) is 6.04. The molecule has 0 atom stereocenters. The van der Waals surface area contributed by atoms with Crippen molar-refractivity contribution in [3.8, 4) is 11.5 Å². The van der Waals surface area contributed by atoms with E-state index in [-0.39, 0.29) is 5.69 Å². The van der Waals surface area contributed by atoms with Gasteiger partial charge >= 0.3 is 0 Å². The van der Waals surface area contributed by atoms with Crippen LogP contribution in [-0.4, -0.2) is 4.98 Å². The highest BCUT2D eigenvalue weighted by Gasteiger charge is 2.13. The van der Waals surface area contributed by atoms with Gasteiger partial charge in [0.2, 0.25) is 0 Å². The summed E-state index contributed by atoms with van der Waals surface area (Å²) in [5, 5.41) is 0.915. The number of nitrogen functional groups attached to an aromatic ring is 1. The van der Waals surface area contributed by atoms with E-state index in [9.17, 15) is 8.78 Å². The number of rotatable bonds is 2. The minimum Gasteiger partial charge on any atom is -0.451 e. The topological polar surface area (TPSA) is 48.1 Å². The van der Waals surface area contributed by atoms with Crippen LogP contribution < -0.4 is 10.5 Å². The molecule has 0 fully saturated rings. The molecule has 0 saturated heterocycles. The molecule has 3 nitrogen and oxygen atoms in total. The van der Waals surface area contributed by atoms with Crippen LogP contribution in [0.25, 0.3) is 10.9 Å². The second-order valence-corrected chi connectivity index (χ2v) is 4.27. The fourth-order valence-corrected chi connectivity index (χ4v) is 1.90. The molecule has 20 heavy (non-hydrogen) atoms. The smallest absolute Gasteiger partial charge is 0.198 e. The normalized spacial score (nSPS) is 10.7. The van der Waals surface area contributed by atoms with Crippen LogP contribution in [0.2, 0.25) is 0 Å². The van der Waals surface area contributed by atoms with E-state index < -0.39 is 17.4 Å². The van der Waals surface area contributed by atoms with Crippen molar-refractivity contribution in [1.82, 2.24) is 4.98 Å². The third-order valence-electron chi connectivity index (χ3n) is 2.82. The maximum atomic E-state index is 13.7. The van der Waals surface area contributed by atoms with Crippen LogP contribution in [0.1, 0.15) is 0 Å². The molecule has 0 amide bonds. The van der Waals surface area contributed by atoms with E-state index in [0.29, 0.717) is 11.3 Å². The number of anilines is 1. The van der Waals surface area contributed by atoms with Gasteiger partial charge in [0.05, 0.1) is 5.52 Å². The van der Waals surface area contributed by atoms with Crippen molar-refractivity contribution in [2.45, 2.75) is 0 Å². The van der Waals surface area contributed by atoms with Gasteiger partial charge < -0.3 is 10.5 Å². The van der Waals surface area contributed by atoms with Gasteiger partial charge in [-0.25, -0.2) is 8.78 Å². The second kappa shape index (κ2) is 4.77. The monoisotopic (exact) mass is 272 g/mol. The summed E-state index contributed by atoms with van der Waals surface area (Å²) < 4.78 is 32.6. The third kappa shape index (κ3) is 2.25. The minimum absolute atomic E-state index is 0.00697. The Morgan fingerprint density at radius 1 is 1.00 bits per heavy atom. The van der Waals surface area contributed by atoms with Crippen LogP contribution >= 0.6 is 0 Å². The van der Waals surface area contributed by atoms with Crippen molar-refractivity contribution in [2.75, 3.05) is 5.73 Å². The van der Waals surface area contributed by atoms with Crippen molar-refractivity contribution < 1.29 is 13.5 Å². The largest absolute Gasteiger partial charge is 0.451 e. The molecule has 1 heterocycles. The summed E-state index contributed by atoms with van der Waals surface area (Å²) in [5.74, 6) is -1.86. The highest BCUT2D eigenvalue weighted by molar-refractivity contribution is 5.79. The molecule has 100 valence electrons. The number of nitrogens with two attached hydrogens (primary N) is 1. The summed E-state index contributed by atoms with van der Waals surface area (Å²) in [6.07, 6.45) is 1.64. The summed E-state index contributed by atoms with van der Waals surface area (Å²) in [7, 11) is 0. The maximum Gasteiger partial charge on any atom is 0.198 e. The van der Waals surface area contributed by atoms with Crippen LogP contribution in [0.3, 0.4) is 0 Å². The van der Waals surface area contributed by atoms with Crippen LogP contribution in [-0.2, 0) is 0 Å². The molecule has 3 rings (SSSR count). The first-order valence-electron chi connectivity index (χ1n) is 5.90. The van der Waals surface area contributed by atoms with Gasteiger partial charge in [-0.1, -0.05) is 6.07 Å². The average molecular weight is 272 g/mol. The lowest BCUT2D eigenvalue weighted by molar-refractivity contribution is 0.408. The van der Waals surface area contributed by atoms with E-state index in [4.69, 9.17) is 10.5 Å². The number of aromatic nitrogens is 1. The molecule has 0 bridgehead atoms. The zero-order chi connectivity index (χ0) is 14.1. The van der Waals surface area contributed by atoms with E-state index in [2.05, 4.69) is 4.98 Å². The fourth-order valence-electron chi connectivity index (χ4n) is 1.90. The third-order valence-corrected chi connectivity index (χ3v) is 2.82. The highest BCUT2D eigenvalue weighted by Crippen LogP contribution is 2.30. The minimum atomic E-state index is -0.844. The first-order valence-corrected chi connectivity index (χ1v) is 5.90. The van der Waals surface area contributed by atoms with Gasteiger partial charge in [-0.15, -0.1) is 0 Å². The Kier molecular flexibility index (Phi) is 2.95. The molecule has 2 N–H and O–H groups in total. The van der Waals surface area contributed by atoms with Crippen molar-refractivity contribution in [3.63, 3.8) is 0 Å². The van der Waals surface area contributed by atoms with Crippen LogP contribution in [0.15, 0.2) is 48.7 Å². The molecular formula is C15H10F2N2O. The molecule has 0 spiro atoms. The van der Waals surface area contributed by atoms with Crippen LogP contribution in [0.4, 0.5) is 14.5 Å². The first-order chi connectivity index (χ1) is 9.63. The van der Waals surface area contributed by atoms with E-state index in [1.807, 2.05) is 12.1 Å². The Morgan fingerprint density at radius 2 is 1.75 bits per heavy atom. The quantitative estimate of drug-likeness (QED) is 0.720. The Morgan fingerprint density at radius 3 is 2.50 bits per heavy atom. The van der Waals surface area contributed by atoms with Gasteiger partial charge in [0.1, 0.15) is 5.75 Å². The number of fused-ring (bicyclic) bond motifs is 1. The number of pyridine rings is 1. The second-order valence-electron chi connectivity index (χ2n) is 4.27. The Labute approximate surface area is 113 Å². The number of hydrogen-bond donors (Lipinski definition) is 1. The van der Waals surface area contributed by atoms with Gasteiger partial charge in [0.25, 0.3) is 0 Å². The summed E-state index contributed by atoms with van der Waals surface area (Å²) in [6.45, 7) is 0. The molecule has 0 aliphatic rings. The van der Waals surface area contributed by atoms with Crippen molar-refractivity contribution in [2.24, 2.45) is 0 Å². The van der Waals surface area contributed by atoms with Crippen molar-refractivity contribution in [3.05, 3.63) is 60.3 Å². The van der Waals surface area contributed by atoms with Crippen LogP contribution in [0.5, 0.6) is 11.5 Å². The molecule has 0 aliphatic heterocycles. The Hall–Kier alpha value is -2.69. The number of benzene rings is 2. The molecule has 0 radical (unpaired) electrons. The fraction of sp³-hybridized carbons (Fsp3) is 0. The van der Waals surface area contributed by atoms with E-state index in [1.54, 1.807) is 24.4 Å². The molecule has 0 aliphatic carbocycles. The van der Waals surface area contributed by atoms with Crippen LogP contribution in [0, 0.1) is 11.6 Å². The number of ether oxygens (including phenoxy) is 1. The first kappa shape index (κ1) is 12.3. The maximum absolute atomic E-state index is 13.7. The number of halogens is 2. The molecule has 2 aromatic carbocycles. The zero-order valence-corrected chi connectivity index (χ0v) is 10.3. The summed E-state index contributed by atoms with van der Waals surface area (Å²) in [4.78, 5) is 4.15. The number of hydrogen-bond acceptors (Lipinski definition) is 3. The van der Waals surface area contributed by atoms with Gasteiger partial charge in [-0.3, -0.25) is 4.98 Å². The molecule has 1 aromatic heterocycles. The predicted octanol–water partition coefficient (Wildman–Crippen LogP) is 3.89. The summed E-state index contributed by atoms with van der Waals surface area (Å²) in [6, 6.07) is 10.7. The SMILES string of the molecule is Nc1cc(F)c(Oc2ccc3cccnc3c2)c(F)c1. The zero-order valence-electron chi connectivity index (χ0n) is 10.3.